The number of amides is 3. The number of benzene rings is 4. The summed E-state index contributed by atoms with van der Waals surface area (Å²) in [5.41, 5.74) is 8.64. The zero-order chi connectivity index (χ0) is 44.0. The molecule has 0 aliphatic carbocycles. The van der Waals surface area contributed by atoms with Crippen LogP contribution < -0.4 is 25.6 Å². The summed E-state index contributed by atoms with van der Waals surface area (Å²) in [5.74, 6) is -0.736. The van der Waals surface area contributed by atoms with Gasteiger partial charge in [-0.15, -0.1) is 0 Å². The first kappa shape index (κ1) is 40.4. The third-order valence-corrected chi connectivity index (χ3v) is 14.4. The van der Waals surface area contributed by atoms with E-state index in [0.29, 0.717) is 47.7 Å². The number of alkyl halides is 2. The van der Waals surface area contributed by atoms with Gasteiger partial charge in [0.25, 0.3) is 17.9 Å². The van der Waals surface area contributed by atoms with Gasteiger partial charge in [0.05, 0.1) is 34.7 Å². The van der Waals surface area contributed by atoms with Crippen LogP contribution in [0.2, 0.25) is 0 Å². The van der Waals surface area contributed by atoms with E-state index in [0.717, 1.165) is 101 Å². The number of hydrogen-bond donors (Lipinski definition) is 1. The Balaban J connectivity index is 0.867. The van der Waals surface area contributed by atoms with E-state index in [9.17, 15) is 19.2 Å². The summed E-state index contributed by atoms with van der Waals surface area (Å²) in [6, 6.07) is 18.8. The lowest BCUT2D eigenvalue weighted by Crippen LogP contribution is -2.53. The van der Waals surface area contributed by atoms with Crippen LogP contribution in [0.1, 0.15) is 95.9 Å². The number of hydrogen-bond acceptors (Lipinski definition) is 8. The summed E-state index contributed by atoms with van der Waals surface area (Å²) in [6.45, 7) is 5.30. The molecule has 1 atom stereocenters. The van der Waals surface area contributed by atoms with Gasteiger partial charge in [0.2, 0.25) is 11.8 Å². The Bertz CT molecular complexity index is 2980. The van der Waals surface area contributed by atoms with Gasteiger partial charge < -0.3 is 19.1 Å². The predicted molar refractivity (Wildman–Crippen MR) is 242 cm³/mol. The van der Waals surface area contributed by atoms with Gasteiger partial charge in [-0.05, 0) is 123 Å². The number of anilines is 4. The molecule has 328 valence electrons. The molecule has 0 bridgehead atoms. The molecule has 64 heavy (non-hydrogen) atoms. The maximum atomic E-state index is 15.3. The van der Waals surface area contributed by atoms with Crippen LogP contribution in [0.5, 0.6) is 0 Å². The van der Waals surface area contributed by atoms with Crippen molar-refractivity contribution in [1.82, 2.24) is 19.7 Å². The molecule has 0 radical (unpaired) electrons. The number of pyridine rings is 1. The van der Waals surface area contributed by atoms with Crippen molar-refractivity contribution in [1.29, 1.82) is 0 Å². The minimum Gasteiger partial charge on any atom is -0.381 e. The number of rotatable bonds is 7. The van der Waals surface area contributed by atoms with Crippen molar-refractivity contribution >= 4 is 62.1 Å². The zero-order valence-corrected chi connectivity index (χ0v) is 35.9. The van der Waals surface area contributed by atoms with Crippen molar-refractivity contribution in [2.24, 2.45) is 7.05 Å². The molecular weight excluding hydrogens is 817 g/mol. The Morgan fingerprint density at radius 3 is 2.41 bits per heavy atom. The van der Waals surface area contributed by atoms with Gasteiger partial charge in [0, 0.05) is 96.7 Å². The molecule has 7 heterocycles. The fraction of sp³-hybridized carbons (Fsp3) is 0.380. The molecule has 3 amide bonds. The largest absolute Gasteiger partial charge is 0.381 e. The Morgan fingerprint density at radius 2 is 1.62 bits per heavy atom. The molecule has 12 nitrogen and oxygen atoms in total. The van der Waals surface area contributed by atoms with Crippen molar-refractivity contribution in [2.45, 2.75) is 82.7 Å². The Kier molecular flexibility index (Phi) is 9.89. The molecule has 1 unspecified atom stereocenters. The van der Waals surface area contributed by atoms with E-state index in [1.165, 1.54) is 0 Å². The molecule has 4 aromatic carbocycles. The average molecular weight is 866 g/mol. The lowest BCUT2D eigenvalue weighted by atomic mass is 9.89. The van der Waals surface area contributed by atoms with E-state index in [4.69, 9.17) is 9.84 Å². The van der Waals surface area contributed by atoms with Gasteiger partial charge in [0.1, 0.15) is 6.04 Å². The SMILES string of the molecule is Cc1cc2c(N3CCCc4cc(-c5cnn(C6CCN(c7ccc8c9c(cccc79)N(C7CCC(=O)NC7=O)C8=O)CC6)c5)c(C(F)F)cc43)cc(C3CCOCC3)cc2n(C)c1=O. The minimum atomic E-state index is -2.71. The predicted octanol–water partition coefficient (Wildman–Crippen LogP) is 8.39. The summed E-state index contributed by atoms with van der Waals surface area (Å²) in [7, 11) is 1.81. The lowest BCUT2D eigenvalue weighted by molar-refractivity contribution is -0.134. The highest BCUT2D eigenvalue weighted by atomic mass is 19.3. The zero-order valence-electron chi connectivity index (χ0n) is 35.9. The number of fused-ring (bicyclic) bond motifs is 2. The van der Waals surface area contributed by atoms with Gasteiger partial charge in [-0.1, -0.05) is 12.1 Å². The van der Waals surface area contributed by atoms with Crippen LogP contribution in [0.25, 0.3) is 32.8 Å². The third kappa shape index (κ3) is 6.59. The van der Waals surface area contributed by atoms with Crippen molar-refractivity contribution in [3.05, 3.63) is 111 Å². The van der Waals surface area contributed by atoms with E-state index in [2.05, 4.69) is 27.2 Å². The Morgan fingerprint density at radius 1 is 0.812 bits per heavy atom. The summed E-state index contributed by atoms with van der Waals surface area (Å²) >= 11 is 0. The van der Waals surface area contributed by atoms with Crippen LogP contribution >= 0.6 is 0 Å². The second-order valence-electron chi connectivity index (χ2n) is 18.1. The number of aryl methyl sites for hydroxylation is 3. The molecule has 14 heteroatoms. The van der Waals surface area contributed by atoms with Crippen LogP contribution in [0.4, 0.5) is 31.5 Å². The van der Waals surface area contributed by atoms with Gasteiger partial charge in [-0.3, -0.25) is 34.1 Å². The highest BCUT2D eigenvalue weighted by Gasteiger charge is 2.41. The average Bonchev–Trinajstić information content (AvgIpc) is 3.92. The number of aromatic nitrogens is 3. The number of imide groups is 1. The molecule has 11 rings (SSSR count). The Hall–Kier alpha value is -6.41. The van der Waals surface area contributed by atoms with Crippen LogP contribution in [-0.4, -0.2) is 71.0 Å². The van der Waals surface area contributed by atoms with Crippen molar-refractivity contribution in [3.63, 3.8) is 0 Å². The second-order valence-corrected chi connectivity index (χ2v) is 18.1. The molecular formula is C50H49F2N7O5. The summed E-state index contributed by atoms with van der Waals surface area (Å²) in [6.07, 6.45) is 6.29. The van der Waals surface area contributed by atoms with Crippen molar-refractivity contribution in [3.8, 4) is 11.1 Å². The maximum absolute atomic E-state index is 15.3. The van der Waals surface area contributed by atoms with E-state index in [-0.39, 0.29) is 47.7 Å². The molecule has 2 aromatic heterocycles. The highest BCUT2D eigenvalue weighted by molar-refractivity contribution is 6.28. The quantitative estimate of drug-likeness (QED) is 0.159. The monoisotopic (exact) mass is 865 g/mol. The van der Waals surface area contributed by atoms with E-state index in [1.807, 2.05) is 67.3 Å². The number of nitrogens with one attached hydrogen (secondary N) is 1. The number of piperidine rings is 2. The number of nitrogens with zero attached hydrogens (tertiary/aromatic N) is 6. The molecule has 3 saturated heterocycles. The summed E-state index contributed by atoms with van der Waals surface area (Å²) < 4.78 is 39.9. The molecule has 0 spiro atoms. The molecule has 1 N–H and O–H groups in total. The normalized spacial score (nSPS) is 19.7. The standard InChI is InChI=1S/C50H49F2N7O5/c1-28-21-38-43(55(2)49(28)62)23-31(29-14-19-64-20-15-29)24-44(38)57-16-4-5-30-22-36(37(47(51)52)25-42(30)57)32-26-53-58(27-32)33-12-17-56(18-13-33)39-9-8-35-46-34(39)6-3-7-40(46)59(50(35)63)41-10-11-45(60)54-48(41)61/h3,6-9,21-27,29,33,41,47H,4-5,10-20H2,1-2H3,(H,54,60,61). The van der Waals surface area contributed by atoms with Gasteiger partial charge in [0.15, 0.2) is 0 Å². The smallest absolute Gasteiger partial charge is 0.264 e. The second kappa shape index (κ2) is 15.7. The van der Waals surface area contributed by atoms with E-state index < -0.39 is 18.4 Å². The van der Waals surface area contributed by atoms with E-state index >= 15 is 8.78 Å². The van der Waals surface area contributed by atoms with E-state index in [1.54, 1.807) is 21.7 Å². The first-order valence-electron chi connectivity index (χ1n) is 22.5. The fourth-order valence-corrected chi connectivity index (χ4v) is 11.1. The molecule has 0 saturated carbocycles. The lowest BCUT2D eigenvalue weighted by Gasteiger charge is -2.35. The van der Waals surface area contributed by atoms with Crippen LogP contribution in [-0.2, 0) is 27.8 Å². The fourth-order valence-electron chi connectivity index (χ4n) is 11.1. The third-order valence-electron chi connectivity index (χ3n) is 14.4. The van der Waals surface area contributed by atoms with Gasteiger partial charge >= 0.3 is 0 Å². The molecule has 6 aromatic rings. The first-order chi connectivity index (χ1) is 31.0. The Labute approximate surface area is 368 Å². The van der Waals surface area contributed by atoms with Crippen molar-refractivity contribution < 1.29 is 27.9 Å². The molecule has 5 aliphatic rings. The number of carbonyl (C=O) groups excluding carboxylic acids is 3. The topological polar surface area (TPSA) is 122 Å². The minimum absolute atomic E-state index is 0.0322. The van der Waals surface area contributed by atoms with Crippen LogP contribution in [0, 0.1) is 6.92 Å². The van der Waals surface area contributed by atoms with Crippen LogP contribution in [0.15, 0.2) is 77.9 Å². The summed E-state index contributed by atoms with van der Waals surface area (Å²) in [4.78, 5) is 57.7. The molecule has 5 aliphatic heterocycles. The first-order valence-corrected chi connectivity index (χ1v) is 22.5. The summed E-state index contributed by atoms with van der Waals surface area (Å²) in [5, 5.41) is 9.83. The van der Waals surface area contributed by atoms with Gasteiger partial charge in [-0.2, -0.15) is 5.10 Å². The number of ether oxygens (including phenoxy) is 1. The van der Waals surface area contributed by atoms with Gasteiger partial charge in [-0.25, -0.2) is 8.78 Å². The number of halogens is 2. The highest BCUT2D eigenvalue weighted by Crippen LogP contribution is 2.46. The molecule has 3 fully saturated rings. The maximum Gasteiger partial charge on any atom is 0.264 e. The van der Waals surface area contributed by atoms with Crippen LogP contribution in [0.3, 0.4) is 0 Å². The number of carbonyl (C=O) groups is 3. The van der Waals surface area contributed by atoms with Crippen molar-refractivity contribution in [2.75, 3.05) is 47.5 Å².